The number of nitrogens with one attached hydrogen (secondary N) is 1. The molecule has 0 aliphatic carbocycles. The van der Waals surface area contributed by atoms with E-state index in [0.717, 1.165) is 42.4 Å². The lowest BCUT2D eigenvalue weighted by Crippen LogP contribution is -2.14. The van der Waals surface area contributed by atoms with Crippen molar-refractivity contribution in [2.24, 2.45) is 0 Å². The van der Waals surface area contributed by atoms with Gasteiger partial charge in [0, 0.05) is 18.3 Å². The van der Waals surface area contributed by atoms with Gasteiger partial charge >= 0.3 is 0 Å². The van der Waals surface area contributed by atoms with Crippen molar-refractivity contribution in [2.45, 2.75) is 40.2 Å². The molecule has 0 saturated carbocycles. The molecule has 0 fully saturated rings. The Bertz CT molecular complexity index is 545. The Hall–Kier alpha value is -1.39. The van der Waals surface area contributed by atoms with Gasteiger partial charge in [-0.05, 0) is 37.9 Å². The van der Waals surface area contributed by atoms with Crippen LogP contribution in [0.15, 0.2) is 23.6 Å². The maximum absolute atomic E-state index is 5.93. The number of ether oxygens (including phenoxy) is 1. The van der Waals surface area contributed by atoms with Crippen molar-refractivity contribution in [1.29, 1.82) is 0 Å². The molecule has 0 amide bonds. The molecule has 0 atom stereocenters. The molecule has 1 heterocycles. The summed E-state index contributed by atoms with van der Waals surface area (Å²) in [6.07, 6.45) is 2.02. The third-order valence-electron chi connectivity index (χ3n) is 3.30. The number of rotatable bonds is 8. The molecule has 2 aromatic rings. The van der Waals surface area contributed by atoms with Crippen molar-refractivity contribution in [1.82, 2.24) is 10.3 Å². The zero-order valence-electron chi connectivity index (χ0n) is 13.1. The number of aromatic nitrogens is 1. The van der Waals surface area contributed by atoms with Crippen LogP contribution in [-0.2, 0) is 13.0 Å². The fourth-order valence-electron chi connectivity index (χ4n) is 2.21. The van der Waals surface area contributed by atoms with Gasteiger partial charge in [0.1, 0.15) is 5.75 Å². The molecule has 4 heteroatoms. The normalized spacial score (nSPS) is 10.8. The van der Waals surface area contributed by atoms with Crippen LogP contribution in [0.1, 0.15) is 35.2 Å². The molecule has 1 aromatic heterocycles. The number of aryl methyl sites for hydroxylation is 2. The molecule has 3 nitrogen and oxygen atoms in total. The van der Waals surface area contributed by atoms with Crippen molar-refractivity contribution in [3.05, 3.63) is 45.4 Å². The lowest BCUT2D eigenvalue weighted by Gasteiger charge is -2.11. The van der Waals surface area contributed by atoms with Crippen LogP contribution in [-0.4, -0.2) is 18.1 Å². The molecule has 1 N–H and O–H groups in total. The lowest BCUT2D eigenvalue weighted by atomic mass is 10.1. The van der Waals surface area contributed by atoms with Gasteiger partial charge in [0.05, 0.1) is 17.3 Å². The van der Waals surface area contributed by atoms with E-state index < -0.39 is 0 Å². The number of thiazole rings is 1. The van der Waals surface area contributed by atoms with Gasteiger partial charge in [0.2, 0.25) is 0 Å². The van der Waals surface area contributed by atoms with Crippen LogP contribution in [0.3, 0.4) is 0 Å². The van der Waals surface area contributed by atoms with Crippen LogP contribution in [0.5, 0.6) is 5.75 Å². The zero-order chi connectivity index (χ0) is 15.1. The van der Waals surface area contributed by atoms with E-state index in [1.807, 2.05) is 0 Å². The fourth-order valence-corrected chi connectivity index (χ4v) is 2.98. The van der Waals surface area contributed by atoms with Gasteiger partial charge in [-0.3, -0.25) is 0 Å². The predicted octanol–water partition coefficient (Wildman–Crippen LogP) is 3.88. The molecule has 1 aromatic carbocycles. The number of hydrogen-bond donors (Lipinski definition) is 1. The number of benzene rings is 1. The molecular formula is C17H24N2OS. The Morgan fingerprint density at radius 1 is 1.24 bits per heavy atom. The van der Waals surface area contributed by atoms with Crippen LogP contribution >= 0.6 is 11.3 Å². The van der Waals surface area contributed by atoms with Crippen LogP contribution < -0.4 is 10.1 Å². The highest BCUT2D eigenvalue weighted by Crippen LogP contribution is 2.22. The summed E-state index contributed by atoms with van der Waals surface area (Å²) >= 11 is 1.72. The number of nitrogens with zero attached hydrogens (tertiary/aromatic N) is 1. The van der Waals surface area contributed by atoms with Gasteiger partial charge in [0.15, 0.2) is 0 Å². The molecule has 0 bridgehead atoms. The van der Waals surface area contributed by atoms with E-state index in [1.165, 1.54) is 11.1 Å². The van der Waals surface area contributed by atoms with Gasteiger partial charge in [-0.2, -0.15) is 0 Å². The third kappa shape index (κ3) is 4.83. The van der Waals surface area contributed by atoms with Crippen LogP contribution in [0.4, 0.5) is 0 Å². The minimum Gasteiger partial charge on any atom is -0.493 e. The van der Waals surface area contributed by atoms with E-state index in [-0.39, 0.29) is 0 Å². The summed E-state index contributed by atoms with van der Waals surface area (Å²) < 4.78 is 5.93. The highest BCUT2D eigenvalue weighted by atomic mass is 32.1. The maximum atomic E-state index is 5.93. The second kappa shape index (κ2) is 8.15. The van der Waals surface area contributed by atoms with Crippen molar-refractivity contribution in [3.63, 3.8) is 0 Å². The zero-order valence-corrected chi connectivity index (χ0v) is 13.9. The number of para-hydroxylation sites is 1. The minimum atomic E-state index is 0.682. The van der Waals surface area contributed by atoms with Gasteiger partial charge in [-0.25, -0.2) is 4.98 Å². The smallest absolute Gasteiger partial charge is 0.125 e. The molecule has 0 aliphatic heterocycles. The standard InChI is InChI=1S/C17H24N2OS/c1-4-9-18-11-15-12-21-16(19-15)8-10-20-17-13(2)6-5-7-14(17)3/h5-7,12,18H,4,8-11H2,1-3H3. The summed E-state index contributed by atoms with van der Waals surface area (Å²) in [5.41, 5.74) is 3.52. The van der Waals surface area contributed by atoms with Gasteiger partial charge in [0.25, 0.3) is 0 Å². The minimum absolute atomic E-state index is 0.682. The molecule has 2 rings (SSSR count). The lowest BCUT2D eigenvalue weighted by molar-refractivity contribution is 0.317. The average molecular weight is 304 g/mol. The number of hydrogen-bond acceptors (Lipinski definition) is 4. The van der Waals surface area contributed by atoms with Crippen molar-refractivity contribution < 1.29 is 4.74 Å². The molecular weight excluding hydrogens is 280 g/mol. The monoisotopic (exact) mass is 304 g/mol. The van der Waals surface area contributed by atoms with E-state index in [1.54, 1.807) is 11.3 Å². The summed E-state index contributed by atoms with van der Waals surface area (Å²) in [7, 11) is 0. The first-order valence-electron chi connectivity index (χ1n) is 7.53. The first-order chi connectivity index (χ1) is 10.2. The Kier molecular flexibility index (Phi) is 6.21. The fraction of sp³-hybridized carbons (Fsp3) is 0.471. The van der Waals surface area contributed by atoms with E-state index in [2.05, 4.69) is 54.7 Å². The summed E-state index contributed by atoms with van der Waals surface area (Å²) in [6, 6.07) is 6.24. The molecule has 0 radical (unpaired) electrons. The highest BCUT2D eigenvalue weighted by molar-refractivity contribution is 7.09. The molecule has 21 heavy (non-hydrogen) atoms. The molecule has 0 saturated heterocycles. The average Bonchev–Trinajstić information content (AvgIpc) is 2.90. The molecule has 0 spiro atoms. The van der Waals surface area contributed by atoms with Gasteiger partial charge < -0.3 is 10.1 Å². The largest absolute Gasteiger partial charge is 0.493 e. The Morgan fingerprint density at radius 2 is 2.00 bits per heavy atom. The second-order valence-electron chi connectivity index (χ2n) is 5.23. The maximum Gasteiger partial charge on any atom is 0.125 e. The van der Waals surface area contributed by atoms with Crippen LogP contribution in [0.25, 0.3) is 0 Å². The van der Waals surface area contributed by atoms with Gasteiger partial charge in [-0.15, -0.1) is 11.3 Å². The summed E-state index contributed by atoms with van der Waals surface area (Å²) in [6.45, 7) is 8.93. The van der Waals surface area contributed by atoms with Crippen LogP contribution in [0, 0.1) is 13.8 Å². The summed E-state index contributed by atoms with van der Waals surface area (Å²) in [4.78, 5) is 4.63. The van der Waals surface area contributed by atoms with E-state index in [9.17, 15) is 0 Å². The van der Waals surface area contributed by atoms with Crippen LogP contribution in [0.2, 0.25) is 0 Å². The third-order valence-corrected chi connectivity index (χ3v) is 4.26. The molecule has 0 aliphatic rings. The topological polar surface area (TPSA) is 34.1 Å². The Balaban J connectivity index is 1.81. The second-order valence-corrected chi connectivity index (χ2v) is 6.17. The van der Waals surface area contributed by atoms with Gasteiger partial charge in [-0.1, -0.05) is 25.1 Å². The molecule has 114 valence electrons. The van der Waals surface area contributed by atoms with E-state index in [0.29, 0.717) is 6.61 Å². The Morgan fingerprint density at radius 3 is 2.71 bits per heavy atom. The molecule has 0 unspecified atom stereocenters. The SMILES string of the molecule is CCCNCc1csc(CCOc2c(C)cccc2C)n1. The van der Waals surface area contributed by atoms with E-state index >= 15 is 0 Å². The quantitative estimate of drug-likeness (QED) is 0.752. The first kappa shape index (κ1) is 16.0. The predicted molar refractivity (Wildman–Crippen MR) is 89.2 cm³/mol. The highest BCUT2D eigenvalue weighted by Gasteiger charge is 2.05. The van der Waals surface area contributed by atoms with Crippen molar-refractivity contribution in [2.75, 3.05) is 13.2 Å². The van der Waals surface area contributed by atoms with Crippen molar-refractivity contribution >= 4 is 11.3 Å². The summed E-state index contributed by atoms with van der Waals surface area (Å²) in [5.74, 6) is 1.01. The van der Waals surface area contributed by atoms with E-state index in [4.69, 9.17) is 4.74 Å². The summed E-state index contributed by atoms with van der Waals surface area (Å²) in [5, 5.41) is 6.66. The Labute approximate surface area is 131 Å². The van der Waals surface area contributed by atoms with Crippen molar-refractivity contribution in [3.8, 4) is 5.75 Å². The first-order valence-corrected chi connectivity index (χ1v) is 8.41.